The van der Waals surface area contributed by atoms with Gasteiger partial charge in [0.05, 0.1) is 22.7 Å². The maximum Gasteiger partial charge on any atom is 0.339 e. The molecule has 0 bridgehead atoms. The number of aromatic nitrogens is 3. The topological polar surface area (TPSA) is 71.5 Å². The average molecular weight is 420 g/mol. The van der Waals surface area contributed by atoms with Gasteiger partial charge in [-0.15, -0.1) is 0 Å². The van der Waals surface area contributed by atoms with Crippen molar-refractivity contribution in [3.05, 3.63) is 46.6 Å². The molecular formula is C18H22BrN5O2. The fourth-order valence-corrected chi connectivity index (χ4v) is 3.15. The van der Waals surface area contributed by atoms with Crippen molar-refractivity contribution in [1.82, 2.24) is 19.9 Å². The van der Waals surface area contributed by atoms with Crippen molar-refractivity contribution in [3.63, 3.8) is 0 Å². The fourth-order valence-electron chi connectivity index (χ4n) is 2.95. The lowest BCUT2D eigenvalue weighted by atomic mass is 10.2. The number of carbonyl (C=O) groups is 1. The maximum absolute atomic E-state index is 11.7. The Hall–Kier alpha value is -2.06. The van der Waals surface area contributed by atoms with Crippen LogP contribution in [0.2, 0.25) is 0 Å². The normalized spacial score (nSPS) is 16.3. The lowest BCUT2D eigenvalue weighted by Crippen LogP contribution is -2.47. The number of halogens is 1. The number of esters is 1. The van der Waals surface area contributed by atoms with Crippen molar-refractivity contribution in [2.45, 2.75) is 19.9 Å². The van der Waals surface area contributed by atoms with E-state index in [1.165, 1.54) is 0 Å². The van der Waals surface area contributed by atoms with Crippen LogP contribution in [0.1, 0.15) is 36.1 Å². The molecule has 0 N–H and O–H groups in total. The number of rotatable bonds is 5. The van der Waals surface area contributed by atoms with Crippen molar-refractivity contribution < 1.29 is 9.53 Å². The van der Waals surface area contributed by atoms with E-state index in [1.807, 2.05) is 6.07 Å². The Balaban J connectivity index is 1.58. The summed E-state index contributed by atoms with van der Waals surface area (Å²) in [5.74, 6) is 1.38. The molecule has 1 fully saturated rings. The first-order chi connectivity index (χ1) is 12.6. The van der Waals surface area contributed by atoms with Gasteiger partial charge in [-0.3, -0.25) is 4.90 Å². The summed E-state index contributed by atoms with van der Waals surface area (Å²) in [6.07, 6.45) is 5.15. The van der Waals surface area contributed by atoms with Crippen molar-refractivity contribution >= 4 is 27.7 Å². The second-order valence-electron chi connectivity index (χ2n) is 6.08. The summed E-state index contributed by atoms with van der Waals surface area (Å²) in [6.45, 7) is 7.83. The molecule has 0 unspecified atom stereocenters. The van der Waals surface area contributed by atoms with Crippen LogP contribution in [0.4, 0.5) is 5.82 Å². The van der Waals surface area contributed by atoms with Crippen LogP contribution in [0.15, 0.2) is 35.2 Å². The zero-order valence-corrected chi connectivity index (χ0v) is 16.5. The molecule has 1 atom stereocenters. The van der Waals surface area contributed by atoms with E-state index in [0.717, 1.165) is 42.3 Å². The van der Waals surface area contributed by atoms with Crippen molar-refractivity contribution in [2.24, 2.45) is 0 Å². The second kappa shape index (κ2) is 8.55. The van der Waals surface area contributed by atoms with Crippen molar-refractivity contribution in [3.8, 4) is 0 Å². The molecule has 138 valence electrons. The molecule has 2 aromatic rings. The minimum absolute atomic E-state index is 0.171. The van der Waals surface area contributed by atoms with E-state index in [1.54, 1.807) is 31.6 Å². The molecular weight excluding hydrogens is 398 g/mol. The van der Waals surface area contributed by atoms with Crippen LogP contribution in [0.5, 0.6) is 0 Å². The number of hydrogen-bond donors (Lipinski definition) is 0. The summed E-state index contributed by atoms with van der Waals surface area (Å²) < 4.78 is 5.87. The van der Waals surface area contributed by atoms with Gasteiger partial charge in [0.1, 0.15) is 11.6 Å². The van der Waals surface area contributed by atoms with Gasteiger partial charge in [-0.25, -0.2) is 19.7 Å². The molecule has 8 heteroatoms. The van der Waals surface area contributed by atoms with Gasteiger partial charge in [0.25, 0.3) is 0 Å². The SMILES string of the molecule is CCOC(=O)c1ccc(N2CCN([C@@H](C)c3ncc(Br)cn3)CC2)nc1. The fraction of sp³-hybridized carbons (Fsp3) is 0.444. The molecule has 0 saturated carbocycles. The Bertz CT molecular complexity index is 730. The van der Waals surface area contributed by atoms with Gasteiger partial charge in [-0.05, 0) is 41.9 Å². The van der Waals surface area contributed by atoms with Crippen LogP contribution in [0, 0.1) is 0 Å². The first kappa shape index (κ1) is 18.7. The third kappa shape index (κ3) is 4.37. The summed E-state index contributed by atoms with van der Waals surface area (Å²) in [7, 11) is 0. The third-order valence-corrected chi connectivity index (χ3v) is 4.87. The quantitative estimate of drug-likeness (QED) is 0.689. The minimum Gasteiger partial charge on any atom is -0.462 e. The monoisotopic (exact) mass is 419 g/mol. The molecule has 1 aliphatic rings. The van der Waals surface area contributed by atoms with Gasteiger partial charge < -0.3 is 9.64 Å². The number of piperazine rings is 1. The second-order valence-corrected chi connectivity index (χ2v) is 7.00. The summed E-state index contributed by atoms with van der Waals surface area (Å²) in [4.78, 5) is 29.5. The molecule has 0 amide bonds. The first-order valence-corrected chi connectivity index (χ1v) is 9.47. The molecule has 7 nitrogen and oxygen atoms in total. The number of pyridine rings is 1. The smallest absolute Gasteiger partial charge is 0.339 e. The van der Waals surface area contributed by atoms with Crippen LogP contribution < -0.4 is 4.90 Å². The number of carbonyl (C=O) groups excluding carboxylic acids is 1. The number of nitrogens with zero attached hydrogens (tertiary/aromatic N) is 5. The highest BCUT2D eigenvalue weighted by Gasteiger charge is 2.24. The van der Waals surface area contributed by atoms with Gasteiger partial charge in [0.15, 0.2) is 0 Å². The molecule has 3 rings (SSSR count). The highest BCUT2D eigenvalue weighted by molar-refractivity contribution is 9.10. The minimum atomic E-state index is -0.334. The van der Waals surface area contributed by atoms with Gasteiger partial charge in [0.2, 0.25) is 0 Å². The van der Waals surface area contributed by atoms with E-state index in [0.29, 0.717) is 12.2 Å². The van der Waals surface area contributed by atoms with Crippen LogP contribution in [0.3, 0.4) is 0 Å². The maximum atomic E-state index is 11.7. The zero-order valence-electron chi connectivity index (χ0n) is 14.9. The van der Waals surface area contributed by atoms with E-state index in [2.05, 4.69) is 47.6 Å². The Morgan fingerprint density at radius 2 is 1.85 bits per heavy atom. The highest BCUT2D eigenvalue weighted by atomic mass is 79.9. The lowest BCUT2D eigenvalue weighted by Gasteiger charge is -2.38. The van der Waals surface area contributed by atoms with Crippen molar-refractivity contribution in [1.29, 1.82) is 0 Å². The number of hydrogen-bond acceptors (Lipinski definition) is 7. The summed E-state index contributed by atoms with van der Waals surface area (Å²) >= 11 is 3.37. The summed E-state index contributed by atoms with van der Waals surface area (Å²) in [6, 6.07) is 3.82. The van der Waals surface area contributed by atoms with Gasteiger partial charge in [0, 0.05) is 44.8 Å². The number of ether oxygens (including phenoxy) is 1. The predicted octanol–water partition coefficient (Wildman–Crippen LogP) is 2.69. The van der Waals surface area contributed by atoms with Crippen LogP contribution in [0.25, 0.3) is 0 Å². The third-order valence-electron chi connectivity index (χ3n) is 4.46. The Morgan fingerprint density at radius 1 is 1.15 bits per heavy atom. The molecule has 26 heavy (non-hydrogen) atoms. The molecule has 2 aromatic heterocycles. The Labute approximate surface area is 161 Å². The molecule has 0 spiro atoms. The molecule has 0 radical (unpaired) electrons. The largest absolute Gasteiger partial charge is 0.462 e. The molecule has 0 aromatic carbocycles. The highest BCUT2D eigenvalue weighted by Crippen LogP contribution is 2.21. The summed E-state index contributed by atoms with van der Waals surface area (Å²) in [5, 5.41) is 0. The van der Waals surface area contributed by atoms with Gasteiger partial charge in [-0.1, -0.05) is 0 Å². The van der Waals surface area contributed by atoms with Gasteiger partial charge >= 0.3 is 5.97 Å². The van der Waals surface area contributed by atoms with Crippen LogP contribution >= 0.6 is 15.9 Å². The Morgan fingerprint density at radius 3 is 2.42 bits per heavy atom. The summed E-state index contributed by atoms with van der Waals surface area (Å²) in [5.41, 5.74) is 0.482. The predicted molar refractivity (Wildman–Crippen MR) is 102 cm³/mol. The average Bonchev–Trinajstić information content (AvgIpc) is 2.68. The van der Waals surface area contributed by atoms with E-state index in [4.69, 9.17) is 4.74 Å². The molecule has 3 heterocycles. The van der Waals surface area contributed by atoms with Crippen LogP contribution in [-0.2, 0) is 4.74 Å². The van der Waals surface area contributed by atoms with E-state index in [-0.39, 0.29) is 12.0 Å². The standard InChI is InChI=1S/C18H22BrN5O2/c1-3-26-18(25)14-4-5-16(20-10-14)24-8-6-23(7-9-24)13(2)17-21-11-15(19)12-22-17/h4-5,10-13H,3,6-9H2,1-2H3/t13-/m0/s1. The van der Waals surface area contributed by atoms with Crippen molar-refractivity contribution in [2.75, 3.05) is 37.7 Å². The van der Waals surface area contributed by atoms with Crippen LogP contribution in [-0.4, -0.2) is 58.6 Å². The zero-order chi connectivity index (χ0) is 18.5. The van der Waals surface area contributed by atoms with E-state index >= 15 is 0 Å². The molecule has 0 aliphatic carbocycles. The number of anilines is 1. The first-order valence-electron chi connectivity index (χ1n) is 8.68. The van der Waals surface area contributed by atoms with E-state index < -0.39 is 0 Å². The van der Waals surface area contributed by atoms with Gasteiger partial charge in [-0.2, -0.15) is 0 Å². The molecule has 1 saturated heterocycles. The Kier molecular flexibility index (Phi) is 6.16. The lowest BCUT2D eigenvalue weighted by molar-refractivity contribution is 0.0526. The molecule has 1 aliphatic heterocycles. The van der Waals surface area contributed by atoms with E-state index in [9.17, 15) is 4.79 Å².